The number of ether oxygens (including phenoxy) is 2. The molecule has 1 aliphatic heterocycles. The number of carbonyl (C=O) groups is 2. The van der Waals surface area contributed by atoms with Gasteiger partial charge in [-0.05, 0) is 44.9 Å². The summed E-state index contributed by atoms with van der Waals surface area (Å²) in [7, 11) is 0. The SMILES string of the molecule is CC(C)(C)OC(=O)NCCC=Cc1ccc2c(c1)OCCC2=O. The number of nitrogens with one attached hydrogen (secondary N) is 1. The number of hydrogen-bond donors (Lipinski definition) is 1. The maximum Gasteiger partial charge on any atom is 0.407 e. The highest BCUT2D eigenvalue weighted by atomic mass is 16.6. The first kappa shape index (κ1) is 17.1. The molecule has 2 rings (SSSR count). The third kappa shape index (κ3) is 5.43. The van der Waals surface area contributed by atoms with Gasteiger partial charge in [0, 0.05) is 13.0 Å². The van der Waals surface area contributed by atoms with Crippen LogP contribution in [-0.4, -0.2) is 30.6 Å². The molecular formula is C18H23NO4. The Balaban J connectivity index is 1.80. The minimum absolute atomic E-state index is 0.128. The summed E-state index contributed by atoms with van der Waals surface area (Å²) < 4.78 is 10.7. The van der Waals surface area contributed by atoms with Crippen molar-refractivity contribution in [1.29, 1.82) is 0 Å². The summed E-state index contributed by atoms with van der Waals surface area (Å²) in [5.41, 5.74) is 1.14. The molecule has 0 saturated carbocycles. The number of ketones is 1. The number of fused-ring (bicyclic) bond motifs is 1. The minimum atomic E-state index is -0.486. The van der Waals surface area contributed by atoms with Crippen molar-refractivity contribution in [3.05, 3.63) is 35.4 Å². The zero-order valence-electron chi connectivity index (χ0n) is 13.8. The van der Waals surface area contributed by atoms with E-state index in [-0.39, 0.29) is 5.78 Å². The smallest absolute Gasteiger partial charge is 0.407 e. The average molecular weight is 317 g/mol. The summed E-state index contributed by atoms with van der Waals surface area (Å²) in [6.45, 7) is 6.43. The largest absolute Gasteiger partial charge is 0.492 e. The van der Waals surface area contributed by atoms with E-state index >= 15 is 0 Å². The van der Waals surface area contributed by atoms with Gasteiger partial charge >= 0.3 is 6.09 Å². The number of benzene rings is 1. The van der Waals surface area contributed by atoms with Crippen LogP contribution in [0, 0.1) is 0 Å². The molecular weight excluding hydrogens is 294 g/mol. The number of amides is 1. The van der Waals surface area contributed by atoms with Gasteiger partial charge in [-0.2, -0.15) is 0 Å². The van der Waals surface area contributed by atoms with Gasteiger partial charge in [0.05, 0.1) is 12.2 Å². The molecule has 23 heavy (non-hydrogen) atoms. The summed E-state index contributed by atoms with van der Waals surface area (Å²) in [4.78, 5) is 23.2. The van der Waals surface area contributed by atoms with Crippen molar-refractivity contribution in [2.75, 3.05) is 13.2 Å². The maximum absolute atomic E-state index is 11.7. The topological polar surface area (TPSA) is 64.6 Å². The molecule has 0 unspecified atom stereocenters. The number of hydrogen-bond acceptors (Lipinski definition) is 4. The second-order valence-corrected chi connectivity index (χ2v) is 6.40. The minimum Gasteiger partial charge on any atom is -0.492 e. The fraction of sp³-hybridized carbons (Fsp3) is 0.444. The highest BCUT2D eigenvalue weighted by Crippen LogP contribution is 2.26. The van der Waals surface area contributed by atoms with Gasteiger partial charge in [-0.1, -0.05) is 18.2 Å². The number of alkyl carbamates (subject to hydrolysis) is 1. The molecule has 1 aliphatic rings. The summed E-state index contributed by atoms with van der Waals surface area (Å²) in [6, 6.07) is 5.56. The second kappa shape index (κ2) is 7.31. The lowest BCUT2D eigenvalue weighted by Gasteiger charge is -2.19. The Kier molecular flexibility index (Phi) is 5.42. The average Bonchev–Trinajstić information content (AvgIpc) is 2.45. The fourth-order valence-corrected chi connectivity index (χ4v) is 2.17. The van der Waals surface area contributed by atoms with Crippen LogP contribution in [0.1, 0.15) is 49.5 Å². The Morgan fingerprint density at radius 2 is 2.17 bits per heavy atom. The van der Waals surface area contributed by atoms with Crippen molar-refractivity contribution >= 4 is 18.0 Å². The first-order chi connectivity index (χ1) is 10.8. The van der Waals surface area contributed by atoms with Crippen molar-refractivity contribution in [2.24, 2.45) is 0 Å². The van der Waals surface area contributed by atoms with Crippen molar-refractivity contribution in [3.63, 3.8) is 0 Å². The lowest BCUT2D eigenvalue weighted by molar-refractivity contribution is 0.0528. The van der Waals surface area contributed by atoms with E-state index in [2.05, 4.69) is 5.32 Å². The van der Waals surface area contributed by atoms with Gasteiger partial charge < -0.3 is 14.8 Å². The first-order valence-corrected chi connectivity index (χ1v) is 7.78. The van der Waals surface area contributed by atoms with Gasteiger partial charge in [0.15, 0.2) is 5.78 Å². The van der Waals surface area contributed by atoms with Crippen LogP contribution in [0.25, 0.3) is 6.08 Å². The summed E-state index contributed by atoms with van der Waals surface area (Å²) in [5.74, 6) is 0.777. The molecule has 0 aromatic heterocycles. The third-order valence-electron chi connectivity index (χ3n) is 3.18. The molecule has 0 aliphatic carbocycles. The molecule has 5 nitrogen and oxygen atoms in total. The molecule has 0 radical (unpaired) electrons. The van der Waals surface area contributed by atoms with E-state index in [0.717, 1.165) is 5.56 Å². The third-order valence-corrected chi connectivity index (χ3v) is 3.18. The van der Waals surface area contributed by atoms with Crippen LogP contribution in [0.4, 0.5) is 4.79 Å². The van der Waals surface area contributed by atoms with Crippen molar-refractivity contribution in [2.45, 2.75) is 39.2 Å². The van der Waals surface area contributed by atoms with E-state index in [1.807, 2.05) is 45.1 Å². The van der Waals surface area contributed by atoms with E-state index in [0.29, 0.717) is 37.3 Å². The molecule has 1 aromatic carbocycles. The molecule has 1 heterocycles. The molecule has 5 heteroatoms. The van der Waals surface area contributed by atoms with Crippen molar-refractivity contribution < 1.29 is 19.1 Å². The predicted octanol–water partition coefficient (Wildman–Crippen LogP) is 3.58. The Morgan fingerprint density at radius 1 is 1.39 bits per heavy atom. The second-order valence-electron chi connectivity index (χ2n) is 6.40. The van der Waals surface area contributed by atoms with Crippen LogP contribution in [0.5, 0.6) is 5.75 Å². The van der Waals surface area contributed by atoms with E-state index in [1.165, 1.54) is 0 Å². The summed E-state index contributed by atoms with van der Waals surface area (Å²) in [5, 5.41) is 2.70. The normalized spacial score (nSPS) is 14.3. The fourth-order valence-electron chi connectivity index (χ4n) is 2.17. The Labute approximate surface area is 136 Å². The molecule has 0 fully saturated rings. The lowest BCUT2D eigenvalue weighted by atomic mass is 10.0. The van der Waals surface area contributed by atoms with Gasteiger partial charge in [0.25, 0.3) is 0 Å². The van der Waals surface area contributed by atoms with Crippen molar-refractivity contribution in [3.8, 4) is 5.75 Å². The molecule has 0 atom stereocenters. The first-order valence-electron chi connectivity index (χ1n) is 7.78. The Morgan fingerprint density at radius 3 is 2.91 bits per heavy atom. The van der Waals surface area contributed by atoms with Crippen LogP contribution in [-0.2, 0) is 4.74 Å². The van der Waals surface area contributed by atoms with Crippen LogP contribution in [0.3, 0.4) is 0 Å². The maximum atomic E-state index is 11.7. The van der Waals surface area contributed by atoms with Crippen LogP contribution < -0.4 is 10.1 Å². The van der Waals surface area contributed by atoms with Crippen molar-refractivity contribution in [1.82, 2.24) is 5.32 Å². The lowest BCUT2D eigenvalue weighted by Crippen LogP contribution is -2.32. The number of carbonyl (C=O) groups excluding carboxylic acids is 2. The molecule has 0 bridgehead atoms. The summed E-state index contributed by atoms with van der Waals surface area (Å²) in [6.07, 6.45) is 4.63. The highest BCUT2D eigenvalue weighted by molar-refractivity contribution is 5.99. The van der Waals surface area contributed by atoms with Gasteiger partial charge in [0.2, 0.25) is 0 Å². The molecule has 1 amide bonds. The van der Waals surface area contributed by atoms with E-state index in [1.54, 1.807) is 6.07 Å². The standard InChI is InChI=1S/C18H23NO4/c1-18(2,3)23-17(21)19-10-5-4-6-13-7-8-14-15(20)9-11-22-16(14)12-13/h4,6-8,12H,5,9-11H2,1-3H3,(H,19,21). The van der Waals surface area contributed by atoms with Gasteiger partial charge in [-0.25, -0.2) is 4.79 Å². The molecule has 0 spiro atoms. The number of rotatable bonds is 4. The predicted molar refractivity (Wildman–Crippen MR) is 88.8 cm³/mol. The van der Waals surface area contributed by atoms with Crippen LogP contribution in [0.15, 0.2) is 24.3 Å². The van der Waals surface area contributed by atoms with E-state index in [4.69, 9.17) is 9.47 Å². The highest BCUT2D eigenvalue weighted by Gasteiger charge is 2.18. The van der Waals surface area contributed by atoms with E-state index < -0.39 is 11.7 Å². The van der Waals surface area contributed by atoms with Crippen LogP contribution >= 0.6 is 0 Å². The molecule has 0 saturated heterocycles. The Hall–Kier alpha value is -2.30. The zero-order chi connectivity index (χ0) is 16.9. The Bertz CT molecular complexity index is 614. The van der Waals surface area contributed by atoms with Gasteiger partial charge in [0.1, 0.15) is 11.4 Å². The van der Waals surface area contributed by atoms with Crippen LogP contribution in [0.2, 0.25) is 0 Å². The monoisotopic (exact) mass is 317 g/mol. The van der Waals surface area contributed by atoms with Gasteiger partial charge in [-0.3, -0.25) is 4.79 Å². The number of Topliss-reactive ketones (excluding diaryl/α,β-unsaturated/α-hetero) is 1. The molecule has 1 N–H and O–H groups in total. The summed E-state index contributed by atoms with van der Waals surface area (Å²) >= 11 is 0. The molecule has 124 valence electrons. The van der Waals surface area contributed by atoms with E-state index in [9.17, 15) is 9.59 Å². The molecule has 1 aromatic rings. The zero-order valence-corrected chi connectivity index (χ0v) is 13.8. The van der Waals surface area contributed by atoms with Gasteiger partial charge in [-0.15, -0.1) is 0 Å². The quantitative estimate of drug-likeness (QED) is 0.862.